The summed E-state index contributed by atoms with van der Waals surface area (Å²) in [5.41, 5.74) is -1.38. The molecule has 4 aromatic rings. The zero-order valence-corrected chi connectivity index (χ0v) is 22.6. The molecule has 13 heteroatoms. The molecule has 2 aromatic heterocycles. The maximum absolute atomic E-state index is 13.8. The molecule has 2 aromatic carbocycles. The number of H-pyrrole nitrogens is 1. The molecule has 0 aliphatic heterocycles. The summed E-state index contributed by atoms with van der Waals surface area (Å²) < 4.78 is 92.6. The molecule has 0 unspecified atom stereocenters. The molecule has 42 heavy (non-hydrogen) atoms. The van der Waals surface area contributed by atoms with Crippen molar-refractivity contribution >= 4 is 29.0 Å². The summed E-state index contributed by atoms with van der Waals surface area (Å²) in [7, 11) is 0. The highest BCUT2D eigenvalue weighted by atomic mass is 19.4. The van der Waals surface area contributed by atoms with Gasteiger partial charge in [0.25, 0.3) is 6.01 Å². The Kier molecular flexibility index (Phi) is 8.88. The Hall–Kier alpha value is -4.42. The first kappa shape index (κ1) is 30.5. The van der Waals surface area contributed by atoms with Crippen LogP contribution in [0.5, 0.6) is 5.75 Å². The van der Waals surface area contributed by atoms with Crippen molar-refractivity contribution in [3.63, 3.8) is 0 Å². The Morgan fingerprint density at radius 3 is 2.52 bits per heavy atom. The molecule has 2 N–H and O–H groups in total. The molecule has 0 aliphatic rings. The fourth-order valence-corrected chi connectivity index (χ4v) is 4.45. The van der Waals surface area contributed by atoms with Gasteiger partial charge in [0, 0.05) is 30.2 Å². The summed E-state index contributed by atoms with van der Waals surface area (Å²) in [5.74, 6) is -0.0992. The van der Waals surface area contributed by atoms with E-state index in [9.17, 15) is 31.1 Å². The van der Waals surface area contributed by atoms with Gasteiger partial charge in [0.1, 0.15) is 17.2 Å². The van der Waals surface area contributed by atoms with Crippen molar-refractivity contribution in [3.8, 4) is 5.75 Å². The minimum atomic E-state index is -5.02. The molecule has 2 heterocycles. The fourth-order valence-electron chi connectivity index (χ4n) is 4.45. The lowest BCUT2D eigenvalue weighted by atomic mass is 10.0. The second kappa shape index (κ2) is 12.2. The lowest BCUT2D eigenvalue weighted by Crippen LogP contribution is -2.27. The van der Waals surface area contributed by atoms with Gasteiger partial charge in [-0.3, -0.25) is 4.79 Å². The van der Waals surface area contributed by atoms with Crippen LogP contribution in [0.4, 0.5) is 32.4 Å². The van der Waals surface area contributed by atoms with Crippen molar-refractivity contribution in [1.29, 1.82) is 0 Å². The third-order valence-corrected chi connectivity index (χ3v) is 6.44. The summed E-state index contributed by atoms with van der Waals surface area (Å²) in [6.07, 6.45) is -4.86. The number of oxazole rings is 1. The quantitative estimate of drug-likeness (QED) is 0.137. The van der Waals surface area contributed by atoms with Crippen LogP contribution in [0.3, 0.4) is 0 Å². The molecule has 0 saturated carbocycles. The van der Waals surface area contributed by atoms with Crippen molar-refractivity contribution in [2.75, 3.05) is 18.1 Å². The van der Waals surface area contributed by atoms with E-state index in [0.717, 1.165) is 11.6 Å². The molecular weight excluding hydrogens is 568 g/mol. The zero-order valence-electron chi connectivity index (χ0n) is 22.6. The number of fused-ring (bicyclic) bond motifs is 1. The smallest absolute Gasteiger partial charge is 0.416 e. The van der Waals surface area contributed by atoms with Gasteiger partial charge in [-0.25, -0.2) is 0 Å². The van der Waals surface area contributed by atoms with Gasteiger partial charge >= 0.3 is 18.3 Å². The number of hydrogen-bond acceptors (Lipinski definition) is 5. The number of rotatable bonds is 11. The van der Waals surface area contributed by atoms with E-state index < -0.39 is 36.0 Å². The van der Waals surface area contributed by atoms with Crippen LogP contribution in [-0.2, 0) is 30.1 Å². The number of hydrogen-bond donors (Lipinski definition) is 2. The molecule has 0 radical (unpaired) electrons. The number of ether oxygens (including phenoxy) is 1. The monoisotopic (exact) mass is 595 g/mol. The summed E-state index contributed by atoms with van der Waals surface area (Å²) in [6, 6.07) is 6.69. The predicted octanol–water partition coefficient (Wildman–Crippen LogP) is 7.64. The van der Waals surface area contributed by atoms with Crippen LogP contribution in [0.25, 0.3) is 17.0 Å². The van der Waals surface area contributed by atoms with Gasteiger partial charge < -0.3 is 24.1 Å². The molecule has 7 nitrogen and oxygen atoms in total. The van der Waals surface area contributed by atoms with Gasteiger partial charge in [-0.15, -0.1) is 0 Å². The fraction of sp³-hybridized carbons (Fsp3) is 0.310. The summed E-state index contributed by atoms with van der Waals surface area (Å²) in [4.78, 5) is 19.9. The van der Waals surface area contributed by atoms with E-state index in [-0.39, 0.29) is 43.6 Å². The lowest BCUT2D eigenvalue weighted by Gasteiger charge is -2.23. The number of aromatic nitrogens is 2. The van der Waals surface area contributed by atoms with Gasteiger partial charge in [-0.2, -0.15) is 31.3 Å². The number of alkyl halides is 6. The summed E-state index contributed by atoms with van der Waals surface area (Å²) in [6.45, 7) is 3.21. The highest BCUT2D eigenvalue weighted by molar-refractivity contribution is 5.88. The molecule has 0 aliphatic carbocycles. The van der Waals surface area contributed by atoms with Crippen molar-refractivity contribution in [2.24, 2.45) is 0 Å². The number of anilines is 1. The van der Waals surface area contributed by atoms with Crippen LogP contribution >= 0.6 is 0 Å². The molecule has 0 spiro atoms. The number of nitrogens with one attached hydrogen (secondary N) is 1. The molecular formula is C29H27F6N3O4. The Balaban J connectivity index is 1.55. The van der Waals surface area contributed by atoms with Crippen LogP contribution in [-0.4, -0.2) is 34.2 Å². The maximum atomic E-state index is 13.8. The van der Waals surface area contributed by atoms with Crippen LogP contribution in [0.1, 0.15) is 47.1 Å². The normalized spacial score (nSPS) is 12.4. The van der Waals surface area contributed by atoms with E-state index in [2.05, 4.69) is 9.97 Å². The Bertz CT molecular complexity index is 1590. The van der Waals surface area contributed by atoms with Gasteiger partial charge in [0.15, 0.2) is 0 Å². The third kappa shape index (κ3) is 7.25. The molecule has 0 bridgehead atoms. The van der Waals surface area contributed by atoms with E-state index >= 15 is 0 Å². The lowest BCUT2D eigenvalue weighted by molar-refractivity contribution is -0.143. The van der Waals surface area contributed by atoms with Crippen LogP contribution in [0, 0.1) is 6.92 Å². The molecule has 224 valence electrons. The van der Waals surface area contributed by atoms with Crippen molar-refractivity contribution in [2.45, 2.75) is 45.6 Å². The number of aryl methyl sites for hydroxylation is 1. The number of aromatic amines is 1. The number of carbonyl (C=O) groups is 1. The molecule has 0 fully saturated rings. The van der Waals surface area contributed by atoms with Crippen LogP contribution in [0.15, 0.2) is 53.1 Å². The van der Waals surface area contributed by atoms with Gasteiger partial charge in [0.2, 0.25) is 0 Å². The first-order valence-corrected chi connectivity index (χ1v) is 12.8. The Morgan fingerprint density at radius 2 is 1.86 bits per heavy atom. The van der Waals surface area contributed by atoms with Gasteiger partial charge in [0.05, 0.1) is 24.2 Å². The van der Waals surface area contributed by atoms with Gasteiger partial charge in [-0.05, 0) is 67.8 Å². The first-order chi connectivity index (χ1) is 19.8. The van der Waals surface area contributed by atoms with Gasteiger partial charge in [-0.1, -0.05) is 12.1 Å². The number of aliphatic carboxylic acids is 1. The van der Waals surface area contributed by atoms with E-state index in [1.54, 1.807) is 50.4 Å². The Morgan fingerprint density at radius 1 is 1.10 bits per heavy atom. The molecule has 4 rings (SSSR count). The number of nitrogens with zero attached hydrogens (tertiary/aromatic N) is 2. The standard InChI is InChI=1S/C29H27F6N3O4/c1-3-5-24-17(2)42-27(37-24)38(16-18-6-7-20(28(30,31)32)13-23(18)29(33,34)35)10-4-11-41-21-8-9-25-22(14-21)19(15-36-25)12-26(39)40/h3,5-9,13-15,36H,4,10-12,16H2,1-2H3,(H,39,40)/b5-3-. The topological polar surface area (TPSA) is 91.6 Å². The first-order valence-electron chi connectivity index (χ1n) is 12.8. The highest BCUT2D eigenvalue weighted by Crippen LogP contribution is 2.38. The third-order valence-electron chi connectivity index (χ3n) is 6.44. The average molecular weight is 596 g/mol. The summed E-state index contributed by atoms with van der Waals surface area (Å²) in [5, 5.41) is 9.81. The summed E-state index contributed by atoms with van der Waals surface area (Å²) >= 11 is 0. The highest BCUT2D eigenvalue weighted by Gasteiger charge is 2.38. The predicted molar refractivity (Wildman–Crippen MR) is 143 cm³/mol. The number of carboxylic acids is 1. The van der Waals surface area contributed by atoms with Crippen LogP contribution < -0.4 is 9.64 Å². The molecule has 0 atom stereocenters. The minimum Gasteiger partial charge on any atom is -0.494 e. The second-order valence-corrected chi connectivity index (χ2v) is 9.52. The van der Waals surface area contributed by atoms with E-state index in [0.29, 0.717) is 34.2 Å². The molecule has 0 saturated heterocycles. The zero-order chi connectivity index (χ0) is 30.7. The molecule has 0 amide bonds. The van der Waals surface area contributed by atoms with E-state index in [4.69, 9.17) is 14.3 Å². The second-order valence-electron chi connectivity index (χ2n) is 9.52. The minimum absolute atomic E-state index is 0.0145. The van der Waals surface area contributed by atoms with Crippen LogP contribution in [0.2, 0.25) is 0 Å². The Labute approximate surface area is 236 Å². The number of allylic oxidation sites excluding steroid dienone is 1. The van der Waals surface area contributed by atoms with E-state index in [1.807, 2.05) is 0 Å². The average Bonchev–Trinajstić information content (AvgIpc) is 3.47. The van der Waals surface area contributed by atoms with Crippen molar-refractivity contribution in [1.82, 2.24) is 9.97 Å². The van der Waals surface area contributed by atoms with E-state index in [1.165, 1.54) is 4.90 Å². The number of carboxylic acid groups (broad SMARTS) is 1. The van der Waals surface area contributed by atoms with Crippen molar-refractivity contribution in [3.05, 3.63) is 82.4 Å². The number of benzene rings is 2. The van der Waals surface area contributed by atoms with Crippen molar-refractivity contribution < 1.29 is 45.4 Å². The largest absolute Gasteiger partial charge is 0.494 e. The maximum Gasteiger partial charge on any atom is 0.416 e. The number of halogens is 6. The SMILES string of the molecule is C/C=C\c1nc(N(CCCOc2ccc3[nH]cc(CC(=O)O)c3c2)Cc2ccc(C(F)(F)F)cc2C(F)(F)F)oc1C.